The van der Waals surface area contributed by atoms with E-state index in [1.807, 2.05) is 7.05 Å². The zero-order chi connectivity index (χ0) is 11.4. The predicted molar refractivity (Wildman–Crippen MR) is 69.3 cm³/mol. The molecule has 1 atom stereocenters. The van der Waals surface area contributed by atoms with E-state index in [9.17, 15) is 0 Å². The van der Waals surface area contributed by atoms with Crippen LogP contribution in [-0.2, 0) is 0 Å². The molecule has 0 aliphatic heterocycles. The van der Waals surface area contributed by atoms with Crippen molar-refractivity contribution in [2.75, 3.05) is 26.7 Å². The van der Waals surface area contributed by atoms with E-state index in [4.69, 9.17) is 0 Å². The molecule has 0 bridgehead atoms. The quantitative estimate of drug-likeness (QED) is 0.517. The highest BCUT2D eigenvalue weighted by molar-refractivity contribution is 4.58. The molecule has 2 heteroatoms. The van der Waals surface area contributed by atoms with E-state index in [1.54, 1.807) is 0 Å². The van der Waals surface area contributed by atoms with Crippen LogP contribution in [0.15, 0.2) is 0 Å². The van der Waals surface area contributed by atoms with Crippen LogP contribution >= 0.6 is 0 Å². The van der Waals surface area contributed by atoms with Gasteiger partial charge in [-0.15, -0.1) is 0 Å². The second-order valence-corrected chi connectivity index (χ2v) is 4.63. The maximum atomic E-state index is 3.52. The maximum absolute atomic E-state index is 3.52. The minimum absolute atomic E-state index is 0.745. The van der Waals surface area contributed by atoms with E-state index >= 15 is 0 Å². The summed E-state index contributed by atoms with van der Waals surface area (Å²) in [5, 5.41) is 6.72. The molecule has 2 nitrogen and oxygen atoms in total. The van der Waals surface area contributed by atoms with Gasteiger partial charge in [0.1, 0.15) is 0 Å². The summed E-state index contributed by atoms with van der Waals surface area (Å²) in [6.07, 6.45) is 8.34. The standard InChI is InChI=1S/C13H30N2/c1-4-5-6-7-8-9-10-15-12-13(2)11-14-3/h13-15H,4-12H2,1-3H3. The number of hydrogen-bond acceptors (Lipinski definition) is 2. The van der Waals surface area contributed by atoms with Crippen molar-refractivity contribution in [1.82, 2.24) is 10.6 Å². The van der Waals surface area contributed by atoms with Gasteiger partial charge in [0.2, 0.25) is 0 Å². The molecule has 0 spiro atoms. The second-order valence-electron chi connectivity index (χ2n) is 4.63. The van der Waals surface area contributed by atoms with Crippen molar-refractivity contribution in [2.45, 2.75) is 52.4 Å². The van der Waals surface area contributed by atoms with E-state index in [-0.39, 0.29) is 0 Å². The minimum Gasteiger partial charge on any atom is -0.319 e. The Morgan fingerprint density at radius 1 is 0.933 bits per heavy atom. The number of hydrogen-bond donors (Lipinski definition) is 2. The van der Waals surface area contributed by atoms with Gasteiger partial charge in [-0.3, -0.25) is 0 Å². The first kappa shape index (κ1) is 14.9. The third-order valence-corrected chi connectivity index (χ3v) is 2.75. The molecule has 0 heterocycles. The average molecular weight is 214 g/mol. The molecule has 2 N–H and O–H groups in total. The Balaban J connectivity index is 2.98. The fraction of sp³-hybridized carbons (Fsp3) is 1.00. The molecule has 0 amide bonds. The summed E-state index contributed by atoms with van der Waals surface area (Å²) in [5.74, 6) is 0.745. The largest absolute Gasteiger partial charge is 0.319 e. The second kappa shape index (κ2) is 12.0. The van der Waals surface area contributed by atoms with Crippen LogP contribution in [0.2, 0.25) is 0 Å². The van der Waals surface area contributed by atoms with E-state index in [2.05, 4.69) is 24.5 Å². The van der Waals surface area contributed by atoms with Crippen LogP contribution in [0.5, 0.6) is 0 Å². The van der Waals surface area contributed by atoms with Crippen LogP contribution in [0.25, 0.3) is 0 Å². The van der Waals surface area contributed by atoms with Crippen LogP contribution in [-0.4, -0.2) is 26.7 Å². The Hall–Kier alpha value is -0.0800. The van der Waals surface area contributed by atoms with Crippen molar-refractivity contribution in [3.63, 3.8) is 0 Å². The van der Waals surface area contributed by atoms with Gasteiger partial charge in [0.25, 0.3) is 0 Å². The number of nitrogens with one attached hydrogen (secondary N) is 2. The van der Waals surface area contributed by atoms with Crippen molar-refractivity contribution in [1.29, 1.82) is 0 Å². The Morgan fingerprint density at radius 2 is 1.60 bits per heavy atom. The molecular formula is C13H30N2. The highest BCUT2D eigenvalue weighted by atomic mass is 14.9. The first-order valence-electron chi connectivity index (χ1n) is 6.66. The Labute approximate surface area is 96.2 Å². The zero-order valence-electron chi connectivity index (χ0n) is 10.9. The summed E-state index contributed by atoms with van der Waals surface area (Å²) in [5.41, 5.74) is 0. The van der Waals surface area contributed by atoms with Gasteiger partial charge < -0.3 is 10.6 Å². The smallest absolute Gasteiger partial charge is 0.00110 e. The molecule has 0 rings (SSSR count). The fourth-order valence-corrected chi connectivity index (χ4v) is 1.80. The molecule has 0 saturated heterocycles. The SMILES string of the molecule is CCCCCCCCNCC(C)CNC. The van der Waals surface area contributed by atoms with E-state index in [0.29, 0.717) is 0 Å². The minimum atomic E-state index is 0.745. The zero-order valence-corrected chi connectivity index (χ0v) is 10.9. The molecule has 0 aromatic heterocycles. The van der Waals surface area contributed by atoms with Crippen LogP contribution in [0.4, 0.5) is 0 Å². The van der Waals surface area contributed by atoms with Crippen molar-refractivity contribution >= 4 is 0 Å². The molecule has 15 heavy (non-hydrogen) atoms. The van der Waals surface area contributed by atoms with Crippen LogP contribution in [0.3, 0.4) is 0 Å². The third kappa shape index (κ3) is 11.8. The summed E-state index contributed by atoms with van der Waals surface area (Å²) < 4.78 is 0. The Morgan fingerprint density at radius 3 is 2.27 bits per heavy atom. The summed E-state index contributed by atoms with van der Waals surface area (Å²) in [6.45, 7) is 8.01. The van der Waals surface area contributed by atoms with E-state index in [1.165, 1.54) is 45.1 Å². The van der Waals surface area contributed by atoms with Gasteiger partial charge in [-0.05, 0) is 39.0 Å². The predicted octanol–water partition coefficient (Wildman–Crippen LogP) is 2.79. The Kier molecular flexibility index (Phi) is 11.9. The maximum Gasteiger partial charge on any atom is -0.00110 e. The van der Waals surface area contributed by atoms with Crippen LogP contribution < -0.4 is 10.6 Å². The van der Waals surface area contributed by atoms with Gasteiger partial charge in [-0.25, -0.2) is 0 Å². The summed E-state index contributed by atoms with van der Waals surface area (Å²) in [4.78, 5) is 0. The summed E-state index contributed by atoms with van der Waals surface area (Å²) >= 11 is 0. The lowest BCUT2D eigenvalue weighted by atomic mass is 10.1. The lowest BCUT2D eigenvalue weighted by molar-refractivity contribution is 0.480. The van der Waals surface area contributed by atoms with Crippen molar-refractivity contribution in [3.05, 3.63) is 0 Å². The van der Waals surface area contributed by atoms with Gasteiger partial charge in [0.15, 0.2) is 0 Å². The topological polar surface area (TPSA) is 24.1 Å². The molecule has 0 aromatic carbocycles. The number of rotatable bonds is 11. The van der Waals surface area contributed by atoms with Crippen LogP contribution in [0, 0.1) is 5.92 Å². The van der Waals surface area contributed by atoms with Crippen molar-refractivity contribution in [2.24, 2.45) is 5.92 Å². The van der Waals surface area contributed by atoms with E-state index in [0.717, 1.165) is 19.0 Å². The summed E-state index contributed by atoms with van der Waals surface area (Å²) in [6, 6.07) is 0. The molecular weight excluding hydrogens is 184 g/mol. The molecule has 0 aromatic rings. The lowest BCUT2D eigenvalue weighted by Crippen LogP contribution is -2.28. The van der Waals surface area contributed by atoms with Gasteiger partial charge in [0.05, 0.1) is 0 Å². The molecule has 0 aliphatic carbocycles. The Bertz CT molecular complexity index is 115. The normalized spacial score (nSPS) is 13.0. The molecule has 0 radical (unpaired) electrons. The average Bonchev–Trinajstić information content (AvgIpc) is 2.22. The van der Waals surface area contributed by atoms with Gasteiger partial charge in [0, 0.05) is 0 Å². The molecule has 1 unspecified atom stereocenters. The van der Waals surface area contributed by atoms with Gasteiger partial charge in [-0.1, -0.05) is 46.0 Å². The van der Waals surface area contributed by atoms with Crippen LogP contribution in [0.1, 0.15) is 52.4 Å². The number of unbranched alkanes of at least 4 members (excludes halogenated alkanes) is 5. The summed E-state index contributed by atoms with van der Waals surface area (Å²) in [7, 11) is 2.02. The molecule has 0 saturated carbocycles. The molecule has 92 valence electrons. The first-order chi connectivity index (χ1) is 7.31. The molecule has 0 aliphatic rings. The van der Waals surface area contributed by atoms with Gasteiger partial charge >= 0.3 is 0 Å². The highest BCUT2D eigenvalue weighted by Gasteiger charge is 1.98. The third-order valence-electron chi connectivity index (χ3n) is 2.75. The molecule has 0 fully saturated rings. The van der Waals surface area contributed by atoms with Crippen molar-refractivity contribution in [3.8, 4) is 0 Å². The highest BCUT2D eigenvalue weighted by Crippen LogP contribution is 2.04. The monoisotopic (exact) mass is 214 g/mol. The van der Waals surface area contributed by atoms with Crippen molar-refractivity contribution < 1.29 is 0 Å². The lowest BCUT2D eigenvalue weighted by Gasteiger charge is -2.11. The van der Waals surface area contributed by atoms with Gasteiger partial charge in [-0.2, -0.15) is 0 Å². The fourth-order valence-electron chi connectivity index (χ4n) is 1.80. The van der Waals surface area contributed by atoms with E-state index < -0.39 is 0 Å². The first-order valence-corrected chi connectivity index (χ1v) is 6.66.